The topological polar surface area (TPSA) is 67.3 Å². The van der Waals surface area contributed by atoms with Crippen molar-refractivity contribution in [1.29, 1.82) is 0 Å². The predicted octanol–water partition coefficient (Wildman–Crippen LogP) is 5.08. The van der Waals surface area contributed by atoms with E-state index in [0.29, 0.717) is 31.9 Å². The van der Waals surface area contributed by atoms with Crippen LogP contribution in [-0.2, 0) is 9.53 Å². The Morgan fingerprint density at radius 3 is 2.58 bits per heavy atom. The Labute approximate surface area is 198 Å². The third-order valence-electron chi connectivity index (χ3n) is 5.48. The molecule has 2 heterocycles. The first-order valence-corrected chi connectivity index (χ1v) is 11.9. The van der Waals surface area contributed by atoms with E-state index in [9.17, 15) is 4.79 Å². The van der Waals surface area contributed by atoms with Gasteiger partial charge < -0.3 is 15.0 Å². The number of rotatable bonds is 10. The Bertz CT molecular complexity index is 1180. The Morgan fingerprint density at radius 1 is 1.03 bits per heavy atom. The molecule has 170 valence electrons. The molecule has 1 atom stereocenters. The maximum absolute atomic E-state index is 12.8. The highest BCUT2D eigenvalue weighted by molar-refractivity contribution is 7.13. The highest BCUT2D eigenvalue weighted by Crippen LogP contribution is 2.29. The summed E-state index contributed by atoms with van der Waals surface area (Å²) in [6.45, 7) is 3.69. The zero-order valence-corrected chi connectivity index (χ0v) is 19.7. The standard InChI is InChI=1S/C26H28N4O2S/c1-19(20-9-4-3-5-10-20)27-24(31)14-15-30(16-17-32-2)26-21-11-6-7-12-22(21)28-25(29-26)23-13-8-18-33-23/h3-13,18-19H,14-17H2,1-2H3,(H,27,31)/t19-/m0/s1. The van der Waals surface area contributed by atoms with Crippen molar-refractivity contribution < 1.29 is 9.53 Å². The van der Waals surface area contributed by atoms with Gasteiger partial charge in [-0.3, -0.25) is 4.79 Å². The van der Waals surface area contributed by atoms with Crippen LogP contribution in [0, 0.1) is 0 Å². The number of fused-ring (bicyclic) bond motifs is 1. The number of methoxy groups -OCH3 is 1. The fourth-order valence-corrected chi connectivity index (χ4v) is 4.37. The molecule has 0 aliphatic rings. The van der Waals surface area contributed by atoms with E-state index in [4.69, 9.17) is 14.7 Å². The molecule has 0 bridgehead atoms. The van der Waals surface area contributed by atoms with Gasteiger partial charge in [0.2, 0.25) is 5.91 Å². The van der Waals surface area contributed by atoms with Gasteiger partial charge in [-0.15, -0.1) is 11.3 Å². The first-order chi connectivity index (χ1) is 16.2. The number of hydrogen-bond donors (Lipinski definition) is 1. The first-order valence-electron chi connectivity index (χ1n) is 11.0. The molecular formula is C26H28N4O2S. The number of amides is 1. The Hall–Kier alpha value is -3.29. The van der Waals surface area contributed by atoms with Crippen molar-refractivity contribution >= 4 is 34.0 Å². The minimum atomic E-state index is -0.0450. The lowest BCUT2D eigenvalue weighted by molar-refractivity contribution is -0.121. The summed E-state index contributed by atoms with van der Waals surface area (Å²) in [5.41, 5.74) is 1.97. The van der Waals surface area contributed by atoms with Crippen LogP contribution < -0.4 is 10.2 Å². The fourth-order valence-electron chi connectivity index (χ4n) is 3.72. The van der Waals surface area contributed by atoms with Gasteiger partial charge in [-0.05, 0) is 36.1 Å². The van der Waals surface area contributed by atoms with Crippen molar-refractivity contribution in [2.75, 3.05) is 31.7 Å². The van der Waals surface area contributed by atoms with E-state index < -0.39 is 0 Å². The highest BCUT2D eigenvalue weighted by Gasteiger charge is 2.18. The van der Waals surface area contributed by atoms with Crippen molar-refractivity contribution in [3.8, 4) is 10.7 Å². The van der Waals surface area contributed by atoms with E-state index in [0.717, 1.165) is 27.2 Å². The SMILES string of the molecule is COCCN(CCC(=O)N[C@@H](C)c1ccccc1)c1nc(-c2cccs2)nc2ccccc12. The van der Waals surface area contributed by atoms with E-state index in [1.54, 1.807) is 18.4 Å². The van der Waals surface area contributed by atoms with Gasteiger partial charge in [0.25, 0.3) is 0 Å². The van der Waals surface area contributed by atoms with Crippen LogP contribution in [0.25, 0.3) is 21.6 Å². The lowest BCUT2D eigenvalue weighted by Gasteiger charge is -2.25. The van der Waals surface area contributed by atoms with E-state index in [2.05, 4.69) is 10.2 Å². The Kier molecular flexibility index (Phi) is 7.65. The van der Waals surface area contributed by atoms with Crippen LogP contribution in [0.1, 0.15) is 24.9 Å². The minimum Gasteiger partial charge on any atom is -0.383 e. The van der Waals surface area contributed by atoms with E-state index in [-0.39, 0.29) is 11.9 Å². The van der Waals surface area contributed by atoms with Crippen LogP contribution >= 0.6 is 11.3 Å². The molecule has 4 rings (SSSR count). The van der Waals surface area contributed by atoms with E-state index in [1.165, 1.54) is 0 Å². The third-order valence-corrected chi connectivity index (χ3v) is 6.34. The van der Waals surface area contributed by atoms with E-state index >= 15 is 0 Å². The normalized spacial score (nSPS) is 11.9. The van der Waals surface area contributed by atoms with Crippen LogP contribution in [-0.4, -0.2) is 42.7 Å². The fraction of sp³-hybridized carbons (Fsp3) is 0.269. The maximum atomic E-state index is 12.8. The summed E-state index contributed by atoms with van der Waals surface area (Å²) in [4.78, 5) is 25.6. The van der Waals surface area contributed by atoms with Crippen LogP contribution in [0.5, 0.6) is 0 Å². The van der Waals surface area contributed by atoms with Crippen molar-refractivity contribution in [2.24, 2.45) is 0 Å². The molecule has 0 saturated carbocycles. The van der Waals surface area contributed by atoms with Crippen LogP contribution in [0.15, 0.2) is 72.1 Å². The number of thiophene rings is 1. The average molecular weight is 461 g/mol. The number of carbonyl (C=O) groups is 1. The number of nitrogens with one attached hydrogen (secondary N) is 1. The lowest BCUT2D eigenvalue weighted by Crippen LogP contribution is -2.34. The molecule has 2 aromatic heterocycles. The number of benzene rings is 2. The second-order valence-electron chi connectivity index (χ2n) is 7.80. The quantitative estimate of drug-likeness (QED) is 0.358. The molecule has 6 nitrogen and oxygen atoms in total. The molecule has 0 aliphatic carbocycles. The first kappa shape index (κ1) is 22.9. The van der Waals surface area contributed by atoms with Gasteiger partial charge in [-0.25, -0.2) is 9.97 Å². The molecule has 0 unspecified atom stereocenters. The summed E-state index contributed by atoms with van der Waals surface area (Å²) in [6, 6.07) is 22.0. The molecule has 1 N–H and O–H groups in total. The molecular weight excluding hydrogens is 432 g/mol. The number of para-hydroxylation sites is 1. The van der Waals surface area contributed by atoms with Crippen LogP contribution in [0.2, 0.25) is 0 Å². The van der Waals surface area contributed by atoms with Crippen molar-refractivity contribution in [2.45, 2.75) is 19.4 Å². The molecule has 1 amide bonds. The minimum absolute atomic E-state index is 0.00520. The van der Waals surface area contributed by atoms with Gasteiger partial charge in [-0.2, -0.15) is 0 Å². The molecule has 0 aliphatic heterocycles. The Balaban J connectivity index is 1.56. The van der Waals surface area contributed by atoms with Crippen LogP contribution in [0.3, 0.4) is 0 Å². The van der Waals surface area contributed by atoms with Gasteiger partial charge >= 0.3 is 0 Å². The molecule has 4 aromatic rings. The van der Waals surface area contributed by atoms with Gasteiger partial charge in [0.15, 0.2) is 5.82 Å². The predicted molar refractivity (Wildman–Crippen MR) is 135 cm³/mol. The van der Waals surface area contributed by atoms with Crippen molar-refractivity contribution in [1.82, 2.24) is 15.3 Å². The van der Waals surface area contributed by atoms with Crippen molar-refractivity contribution in [3.05, 3.63) is 77.7 Å². The molecule has 0 fully saturated rings. The van der Waals surface area contributed by atoms with Gasteiger partial charge in [0, 0.05) is 32.0 Å². The number of hydrogen-bond acceptors (Lipinski definition) is 6. The Morgan fingerprint density at radius 2 is 1.82 bits per heavy atom. The summed E-state index contributed by atoms with van der Waals surface area (Å²) in [5, 5.41) is 6.09. The largest absolute Gasteiger partial charge is 0.383 e. The smallest absolute Gasteiger partial charge is 0.222 e. The number of anilines is 1. The maximum Gasteiger partial charge on any atom is 0.222 e. The second-order valence-corrected chi connectivity index (χ2v) is 8.74. The second kappa shape index (κ2) is 11.0. The summed E-state index contributed by atoms with van der Waals surface area (Å²) in [5.74, 6) is 1.53. The van der Waals surface area contributed by atoms with Gasteiger partial charge in [-0.1, -0.05) is 48.5 Å². The number of nitrogens with zero attached hydrogens (tertiary/aromatic N) is 3. The summed E-state index contributed by atoms with van der Waals surface area (Å²) in [6.07, 6.45) is 0.355. The molecule has 7 heteroatoms. The summed E-state index contributed by atoms with van der Waals surface area (Å²) in [7, 11) is 1.68. The van der Waals surface area contributed by atoms with Gasteiger partial charge in [0.05, 0.1) is 23.0 Å². The van der Waals surface area contributed by atoms with Gasteiger partial charge in [0.1, 0.15) is 5.82 Å². The monoisotopic (exact) mass is 460 g/mol. The van der Waals surface area contributed by atoms with Crippen molar-refractivity contribution in [3.63, 3.8) is 0 Å². The summed E-state index contributed by atoms with van der Waals surface area (Å²) >= 11 is 1.61. The third kappa shape index (κ3) is 5.74. The zero-order chi connectivity index (χ0) is 23.0. The zero-order valence-electron chi connectivity index (χ0n) is 18.9. The number of carbonyl (C=O) groups excluding carboxylic acids is 1. The molecule has 0 radical (unpaired) electrons. The molecule has 0 spiro atoms. The van der Waals surface area contributed by atoms with E-state index in [1.807, 2.05) is 79.0 Å². The number of aromatic nitrogens is 2. The molecule has 0 saturated heterocycles. The summed E-state index contributed by atoms with van der Waals surface area (Å²) < 4.78 is 5.35. The molecule has 33 heavy (non-hydrogen) atoms. The van der Waals surface area contributed by atoms with Crippen LogP contribution in [0.4, 0.5) is 5.82 Å². The lowest BCUT2D eigenvalue weighted by atomic mass is 10.1. The number of ether oxygens (including phenoxy) is 1. The highest BCUT2D eigenvalue weighted by atomic mass is 32.1. The molecule has 2 aromatic carbocycles. The average Bonchev–Trinajstić information content (AvgIpc) is 3.39.